The minimum absolute atomic E-state index is 0.0833. The van der Waals surface area contributed by atoms with Gasteiger partial charge in [0.1, 0.15) is 11.4 Å². The van der Waals surface area contributed by atoms with Crippen LogP contribution < -0.4 is 10.6 Å². The molecule has 0 unspecified atom stereocenters. The van der Waals surface area contributed by atoms with Gasteiger partial charge in [-0.05, 0) is 34.1 Å². The first-order valence-corrected chi connectivity index (χ1v) is 8.20. The van der Waals surface area contributed by atoms with Crippen LogP contribution in [0.3, 0.4) is 0 Å². The number of anilines is 2. The van der Waals surface area contributed by atoms with Gasteiger partial charge in [0.15, 0.2) is 5.52 Å². The largest absolute Gasteiger partial charge is 0.467 e. The van der Waals surface area contributed by atoms with Gasteiger partial charge < -0.3 is 15.1 Å². The molecule has 4 rings (SSSR count). The fourth-order valence-corrected chi connectivity index (χ4v) is 2.77. The van der Waals surface area contributed by atoms with Crippen LogP contribution in [0.25, 0.3) is 11.0 Å². The quantitative estimate of drug-likeness (QED) is 0.373. The van der Waals surface area contributed by atoms with Gasteiger partial charge in [-0.2, -0.15) is 0 Å². The number of nitrogens with one attached hydrogen (secondary N) is 2. The summed E-state index contributed by atoms with van der Waals surface area (Å²) >= 11 is 0. The second kappa shape index (κ2) is 7.16. The van der Waals surface area contributed by atoms with E-state index in [1.165, 1.54) is 0 Å². The number of rotatable bonds is 7. The summed E-state index contributed by atoms with van der Waals surface area (Å²) in [5.41, 5.74) is 2.08. The van der Waals surface area contributed by atoms with Crippen molar-refractivity contribution >= 4 is 28.1 Å². The van der Waals surface area contributed by atoms with Gasteiger partial charge in [0.25, 0.3) is 0 Å². The molecule has 4 aromatic rings. The first-order chi connectivity index (χ1) is 13.2. The van der Waals surface area contributed by atoms with Crippen LogP contribution in [-0.4, -0.2) is 15.2 Å². The number of fused-ring (bicyclic) bond motifs is 1. The third-order valence-electron chi connectivity index (χ3n) is 4.05. The summed E-state index contributed by atoms with van der Waals surface area (Å²) < 4.78 is 10.1. The molecule has 0 fully saturated rings. The van der Waals surface area contributed by atoms with Crippen molar-refractivity contribution < 1.29 is 14.0 Å². The van der Waals surface area contributed by atoms with Gasteiger partial charge in [0, 0.05) is 6.54 Å². The summed E-state index contributed by atoms with van der Waals surface area (Å²) in [4.78, 5) is 11.1. The zero-order chi connectivity index (χ0) is 18.6. The van der Waals surface area contributed by atoms with Crippen molar-refractivity contribution in [3.05, 3.63) is 76.2 Å². The van der Waals surface area contributed by atoms with Crippen molar-refractivity contribution in [2.75, 3.05) is 10.6 Å². The van der Waals surface area contributed by atoms with E-state index in [9.17, 15) is 10.1 Å². The highest BCUT2D eigenvalue weighted by atomic mass is 16.6. The van der Waals surface area contributed by atoms with Crippen LogP contribution in [-0.2, 0) is 13.1 Å². The van der Waals surface area contributed by atoms with Crippen molar-refractivity contribution in [2.45, 2.75) is 13.1 Å². The maximum atomic E-state index is 11.6. The molecule has 9 heteroatoms. The Morgan fingerprint density at radius 1 is 0.963 bits per heavy atom. The van der Waals surface area contributed by atoms with Crippen molar-refractivity contribution in [3.8, 4) is 0 Å². The predicted molar refractivity (Wildman–Crippen MR) is 98.3 cm³/mol. The Labute approximate surface area is 153 Å². The van der Waals surface area contributed by atoms with E-state index in [0.29, 0.717) is 30.0 Å². The van der Waals surface area contributed by atoms with Gasteiger partial charge in [-0.3, -0.25) is 10.1 Å². The zero-order valence-electron chi connectivity index (χ0n) is 14.1. The monoisotopic (exact) mass is 365 g/mol. The maximum Gasteiger partial charge on any atom is 0.323 e. The van der Waals surface area contributed by atoms with Gasteiger partial charge in [-0.15, -0.1) is 0 Å². The molecule has 9 nitrogen and oxygen atoms in total. The molecule has 0 amide bonds. The molecule has 0 saturated heterocycles. The highest BCUT2D eigenvalue weighted by Crippen LogP contribution is 2.37. The van der Waals surface area contributed by atoms with Crippen LogP contribution in [0.5, 0.6) is 0 Å². The highest BCUT2D eigenvalue weighted by Gasteiger charge is 2.25. The molecule has 0 aliphatic heterocycles. The third kappa shape index (κ3) is 3.43. The molecule has 0 aliphatic rings. The van der Waals surface area contributed by atoms with Crippen LogP contribution >= 0.6 is 0 Å². The van der Waals surface area contributed by atoms with Crippen LogP contribution in [0.15, 0.2) is 63.8 Å². The Bertz CT molecular complexity index is 1060. The second-order valence-electron chi connectivity index (χ2n) is 5.81. The average molecular weight is 365 g/mol. The van der Waals surface area contributed by atoms with Crippen molar-refractivity contribution in [1.82, 2.24) is 10.3 Å². The number of hydrogen-bond acceptors (Lipinski definition) is 8. The normalized spacial score (nSPS) is 10.8. The average Bonchev–Trinajstić information content (AvgIpc) is 3.36. The van der Waals surface area contributed by atoms with E-state index in [1.54, 1.807) is 18.4 Å². The summed E-state index contributed by atoms with van der Waals surface area (Å²) in [6.07, 6.45) is 1.58. The molecule has 2 aromatic heterocycles. The Balaban J connectivity index is 1.69. The molecular weight excluding hydrogens is 350 g/mol. The number of nitrogens with zero attached hydrogens (tertiary/aromatic N) is 3. The zero-order valence-corrected chi connectivity index (χ0v) is 14.1. The standard InChI is InChI=1S/C18H15N5O4/c24-23(25)18-15(19-10-12-5-2-1-3-6-12)9-14(16-17(18)22-27-21-16)20-11-13-7-4-8-26-13/h1-9,19-20H,10-11H2. The molecule has 27 heavy (non-hydrogen) atoms. The van der Waals surface area contributed by atoms with Crippen LogP contribution in [0, 0.1) is 10.1 Å². The van der Waals surface area contributed by atoms with Crippen molar-refractivity contribution in [3.63, 3.8) is 0 Å². The number of nitro groups is 1. The van der Waals surface area contributed by atoms with Crippen LogP contribution in [0.4, 0.5) is 17.1 Å². The first kappa shape index (κ1) is 16.6. The van der Waals surface area contributed by atoms with E-state index in [0.717, 1.165) is 11.3 Å². The summed E-state index contributed by atoms with van der Waals surface area (Å²) in [7, 11) is 0. The van der Waals surface area contributed by atoms with E-state index < -0.39 is 4.92 Å². The first-order valence-electron chi connectivity index (χ1n) is 8.20. The van der Waals surface area contributed by atoms with E-state index in [1.807, 2.05) is 36.4 Å². The van der Waals surface area contributed by atoms with E-state index in [-0.39, 0.29) is 11.2 Å². The van der Waals surface area contributed by atoms with Crippen LogP contribution in [0.2, 0.25) is 0 Å². The fraction of sp³-hybridized carbons (Fsp3) is 0.111. The second-order valence-corrected chi connectivity index (χ2v) is 5.81. The van der Waals surface area contributed by atoms with E-state index in [4.69, 9.17) is 9.05 Å². The van der Waals surface area contributed by atoms with E-state index in [2.05, 4.69) is 20.9 Å². The number of benzene rings is 2. The molecule has 2 heterocycles. The number of aromatic nitrogens is 2. The lowest BCUT2D eigenvalue weighted by Crippen LogP contribution is -2.06. The molecule has 0 radical (unpaired) electrons. The maximum absolute atomic E-state index is 11.6. The molecule has 0 saturated carbocycles. The molecule has 2 aromatic carbocycles. The number of furan rings is 1. The van der Waals surface area contributed by atoms with Gasteiger partial charge >= 0.3 is 5.69 Å². The molecule has 0 atom stereocenters. The Morgan fingerprint density at radius 3 is 2.48 bits per heavy atom. The molecule has 2 N–H and O–H groups in total. The fourth-order valence-electron chi connectivity index (χ4n) is 2.77. The smallest absolute Gasteiger partial charge is 0.323 e. The Morgan fingerprint density at radius 2 is 1.74 bits per heavy atom. The molecule has 0 aliphatic carbocycles. The lowest BCUT2D eigenvalue weighted by atomic mass is 10.1. The molecule has 0 bridgehead atoms. The number of hydrogen-bond donors (Lipinski definition) is 2. The topological polar surface area (TPSA) is 119 Å². The minimum Gasteiger partial charge on any atom is -0.467 e. The highest BCUT2D eigenvalue weighted by molar-refractivity contribution is 5.99. The minimum atomic E-state index is -0.490. The lowest BCUT2D eigenvalue weighted by Gasteiger charge is -2.11. The van der Waals surface area contributed by atoms with Gasteiger partial charge in [-0.25, -0.2) is 4.63 Å². The number of nitro benzene ring substituents is 1. The van der Waals surface area contributed by atoms with Crippen molar-refractivity contribution in [1.29, 1.82) is 0 Å². The van der Waals surface area contributed by atoms with Gasteiger partial charge in [0.2, 0.25) is 5.52 Å². The van der Waals surface area contributed by atoms with Gasteiger partial charge in [0.05, 0.1) is 23.4 Å². The summed E-state index contributed by atoms with van der Waals surface area (Å²) in [6, 6.07) is 14.8. The Kier molecular flexibility index (Phi) is 4.40. The molecular formula is C18H15N5O4. The summed E-state index contributed by atoms with van der Waals surface area (Å²) in [5, 5.41) is 25.4. The van der Waals surface area contributed by atoms with Crippen LogP contribution in [0.1, 0.15) is 11.3 Å². The predicted octanol–water partition coefficient (Wildman–Crippen LogP) is 3.95. The van der Waals surface area contributed by atoms with Gasteiger partial charge in [-0.1, -0.05) is 30.3 Å². The SMILES string of the molecule is O=[N+]([O-])c1c(NCc2ccccc2)cc(NCc2ccco2)c2nonc12. The summed E-state index contributed by atoms with van der Waals surface area (Å²) in [6.45, 7) is 0.820. The molecule has 136 valence electrons. The Hall–Kier alpha value is -3.88. The molecule has 0 spiro atoms. The third-order valence-corrected chi connectivity index (χ3v) is 4.05. The van der Waals surface area contributed by atoms with Crippen molar-refractivity contribution in [2.24, 2.45) is 0 Å². The lowest BCUT2D eigenvalue weighted by molar-refractivity contribution is -0.382. The van der Waals surface area contributed by atoms with E-state index >= 15 is 0 Å². The summed E-state index contributed by atoms with van der Waals surface area (Å²) in [5.74, 6) is 0.719.